The molecule has 0 fully saturated rings. The lowest BCUT2D eigenvalue weighted by molar-refractivity contribution is -0.170. The van der Waals surface area contributed by atoms with E-state index in [9.17, 15) is 23.1 Å². The van der Waals surface area contributed by atoms with Gasteiger partial charge in [0.05, 0.1) is 25.2 Å². The number of benzene rings is 1. The van der Waals surface area contributed by atoms with Crippen molar-refractivity contribution in [2.75, 3.05) is 14.2 Å². The van der Waals surface area contributed by atoms with E-state index in [2.05, 4.69) is 4.84 Å². The summed E-state index contributed by atoms with van der Waals surface area (Å²) in [7, 11) is 2.67. The molecule has 0 bridgehead atoms. The zero-order valence-corrected chi connectivity index (χ0v) is 10.4. The van der Waals surface area contributed by atoms with Gasteiger partial charge >= 0.3 is 6.18 Å². The van der Waals surface area contributed by atoms with Crippen LogP contribution in [-0.2, 0) is 15.8 Å². The largest absolute Gasteiger partial charge is 0.416 e. The summed E-state index contributed by atoms with van der Waals surface area (Å²) < 4.78 is 37.0. The highest BCUT2D eigenvalue weighted by Gasteiger charge is 2.30. The summed E-state index contributed by atoms with van der Waals surface area (Å²) in [6.07, 6.45) is -5.86. The number of carbonyl (C=O) groups excluding carboxylic acids is 1. The van der Waals surface area contributed by atoms with Crippen molar-refractivity contribution in [1.82, 2.24) is 5.06 Å². The number of rotatable bonds is 4. The van der Waals surface area contributed by atoms with Crippen molar-refractivity contribution in [2.45, 2.75) is 18.7 Å². The van der Waals surface area contributed by atoms with Crippen molar-refractivity contribution in [3.05, 3.63) is 35.4 Å². The molecule has 1 aromatic carbocycles. The lowest BCUT2D eigenvalue weighted by Gasteiger charge is -2.17. The highest BCUT2D eigenvalue weighted by Crippen LogP contribution is 2.30. The fourth-order valence-corrected chi connectivity index (χ4v) is 1.41. The van der Waals surface area contributed by atoms with E-state index >= 15 is 0 Å². The van der Waals surface area contributed by atoms with Crippen molar-refractivity contribution >= 4 is 5.91 Å². The number of aliphatic hydroxyl groups is 1. The Kier molecular flexibility index (Phi) is 4.90. The molecule has 0 aliphatic carbocycles. The summed E-state index contributed by atoms with van der Waals surface area (Å²) in [5, 5.41) is 10.7. The summed E-state index contributed by atoms with van der Waals surface area (Å²) in [5.74, 6) is -0.477. The molecule has 1 unspecified atom stereocenters. The third-order valence-electron chi connectivity index (χ3n) is 2.62. The van der Waals surface area contributed by atoms with Crippen LogP contribution in [0.25, 0.3) is 0 Å². The van der Waals surface area contributed by atoms with Crippen LogP contribution in [0.5, 0.6) is 0 Å². The number of hydrogen-bond acceptors (Lipinski definition) is 3. The number of carbonyl (C=O) groups is 1. The van der Waals surface area contributed by atoms with Crippen LogP contribution >= 0.6 is 0 Å². The summed E-state index contributed by atoms with van der Waals surface area (Å²) in [6, 6.07) is 4.02. The number of hydroxylamine groups is 2. The Hall–Kier alpha value is -1.60. The molecule has 0 saturated carbocycles. The predicted molar refractivity (Wildman–Crippen MR) is 60.8 cm³/mol. The molecule has 0 aromatic heterocycles. The normalized spacial score (nSPS) is 13.2. The molecular formula is C12H14F3NO3. The van der Waals surface area contributed by atoms with Crippen LogP contribution in [0.3, 0.4) is 0 Å². The summed E-state index contributed by atoms with van der Waals surface area (Å²) in [6.45, 7) is 0. The minimum absolute atomic E-state index is 0.242. The number of alkyl halides is 3. The Labute approximate surface area is 108 Å². The third kappa shape index (κ3) is 4.22. The Balaban J connectivity index is 2.73. The van der Waals surface area contributed by atoms with E-state index in [0.29, 0.717) is 0 Å². The van der Waals surface area contributed by atoms with Gasteiger partial charge in [0.1, 0.15) is 0 Å². The molecule has 106 valence electrons. The molecule has 0 radical (unpaired) electrons. The van der Waals surface area contributed by atoms with E-state index in [4.69, 9.17) is 0 Å². The maximum Gasteiger partial charge on any atom is 0.416 e. The third-order valence-corrected chi connectivity index (χ3v) is 2.62. The van der Waals surface area contributed by atoms with E-state index in [1.165, 1.54) is 14.2 Å². The first kappa shape index (κ1) is 15.5. The van der Waals surface area contributed by atoms with Gasteiger partial charge in [0.2, 0.25) is 5.91 Å². The number of aliphatic hydroxyl groups excluding tert-OH is 1. The minimum Gasteiger partial charge on any atom is -0.388 e. The molecule has 0 aliphatic heterocycles. The monoisotopic (exact) mass is 277 g/mol. The molecule has 0 saturated heterocycles. The lowest BCUT2D eigenvalue weighted by Crippen LogP contribution is -2.26. The minimum atomic E-state index is -4.42. The van der Waals surface area contributed by atoms with E-state index in [0.717, 1.165) is 29.3 Å². The van der Waals surface area contributed by atoms with Gasteiger partial charge in [0.25, 0.3) is 0 Å². The Morgan fingerprint density at radius 3 is 2.32 bits per heavy atom. The van der Waals surface area contributed by atoms with Crippen molar-refractivity contribution in [3.63, 3.8) is 0 Å². The Bertz CT molecular complexity index is 431. The van der Waals surface area contributed by atoms with Crippen LogP contribution in [0.15, 0.2) is 24.3 Å². The molecule has 7 heteroatoms. The van der Waals surface area contributed by atoms with E-state index in [1.54, 1.807) is 0 Å². The number of halogens is 3. The molecule has 1 atom stereocenters. The van der Waals surface area contributed by atoms with E-state index in [-0.39, 0.29) is 12.0 Å². The average Bonchev–Trinajstić information content (AvgIpc) is 2.36. The van der Waals surface area contributed by atoms with E-state index < -0.39 is 23.8 Å². The fraction of sp³-hybridized carbons (Fsp3) is 0.417. The zero-order chi connectivity index (χ0) is 14.6. The van der Waals surface area contributed by atoms with Crippen molar-refractivity contribution in [2.24, 2.45) is 0 Å². The number of nitrogens with zero attached hydrogens (tertiary/aromatic N) is 1. The fourth-order valence-electron chi connectivity index (χ4n) is 1.41. The van der Waals surface area contributed by atoms with Gasteiger partial charge < -0.3 is 5.11 Å². The Morgan fingerprint density at radius 2 is 1.89 bits per heavy atom. The molecule has 1 N–H and O–H groups in total. The Morgan fingerprint density at radius 1 is 1.37 bits per heavy atom. The van der Waals surface area contributed by atoms with Crippen LogP contribution in [0.2, 0.25) is 0 Å². The number of hydrogen-bond donors (Lipinski definition) is 1. The molecule has 1 rings (SSSR count). The van der Waals surface area contributed by atoms with Gasteiger partial charge in [-0.05, 0) is 17.7 Å². The molecule has 0 aliphatic rings. The highest BCUT2D eigenvalue weighted by atomic mass is 19.4. The van der Waals surface area contributed by atoms with Gasteiger partial charge in [-0.1, -0.05) is 12.1 Å². The second-order valence-electron chi connectivity index (χ2n) is 3.91. The maximum atomic E-state index is 12.3. The van der Waals surface area contributed by atoms with Gasteiger partial charge in [0.15, 0.2) is 0 Å². The quantitative estimate of drug-likeness (QED) is 0.858. The zero-order valence-electron chi connectivity index (χ0n) is 10.4. The van der Waals surface area contributed by atoms with Gasteiger partial charge in [-0.2, -0.15) is 13.2 Å². The average molecular weight is 277 g/mol. The summed E-state index contributed by atoms with van der Waals surface area (Å²) >= 11 is 0. The molecule has 1 amide bonds. The standard InChI is InChI=1S/C12H14F3NO3/c1-16(19-2)11(18)7-10(17)8-3-5-9(6-4-8)12(13,14)15/h3-6,10,17H,7H2,1-2H3. The maximum absolute atomic E-state index is 12.3. The molecule has 19 heavy (non-hydrogen) atoms. The van der Waals surface area contributed by atoms with Crippen LogP contribution in [0, 0.1) is 0 Å². The van der Waals surface area contributed by atoms with Gasteiger partial charge in [-0.3, -0.25) is 9.63 Å². The van der Waals surface area contributed by atoms with Crippen molar-refractivity contribution < 1.29 is 27.9 Å². The first-order valence-electron chi connectivity index (χ1n) is 5.41. The lowest BCUT2D eigenvalue weighted by atomic mass is 10.0. The van der Waals surface area contributed by atoms with Gasteiger partial charge in [-0.25, -0.2) is 5.06 Å². The topological polar surface area (TPSA) is 49.8 Å². The number of amides is 1. The highest BCUT2D eigenvalue weighted by molar-refractivity contribution is 5.75. The molecule has 4 nitrogen and oxygen atoms in total. The molecule has 0 heterocycles. The SMILES string of the molecule is CON(C)C(=O)CC(O)c1ccc(C(F)(F)F)cc1. The predicted octanol–water partition coefficient (Wildman–Crippen LogP) is 2.15. The first-order valence-corrected chi connectivity index (χ1v) is 5.41. The second-order valence-corrected chi connectivity index (χ2v) is 3.91. The first-order chi connectivity index (χ1) is 8.75. The van der Waals surface area contributed by atoms with Crippen molar-refractivity contribution in [3.8, 4) is 0 Å². The van der Waals surface area contributed by atoms with Gasteiger partial charge in [-0.15, -0.1) is 0 Å². The summed E-state index contributed by atoms with van der Waals surface area (Å²) in [4.78, 5) is 16.1. The van der Waals surface area contributed by atoms with Crippen LogP contribution in [0.1, 0.15) is 23.7 Å². The molecule has 1 aromatic rings. The summed E-state index contributed by atoms with van der Waals surface area (Å²) in [5.41, 5.74) is -0.561. The van der Waals surface area contributed by atoms with Crippen LogP contribution < -0.4 is 0 Å². The molecule has 0 spiro atoms. The van der Waals surface area contributed by atoms with E-state index in [1.807, 2.05) is 0 Å². The van der Waals surface area contributed by atoms with Crippen LogP contribution in [0.4, 0.5) is 13.2 Å². The van der Waals surface area contributed by atoms with Gasteiger partial charge in [0, 0.05) is 7.05 Å². The second kappa shape index (κ2) is 6.03. The van der Waals surface area contributed by atoms with Crippen LogP contribution in [-0.4, -0.2) is 30.2 Å². The smallest absolute Gasteiger partial charge is 0.388 e. The van der Waals surface area contributed by atoms with Crippen molar-refractivity contribution in [1.29, 1.82) is 0 Å². The molecular weight excluding hydrogens is 263 g/mol.